The van der Waals surface area contributed by atoms with Gasteiger partial charge in [-0.05, 0) is 55.3 Å². The topological polar surface area (TPSA) is 115 Å². The number of pyridine rings is 1. The number of methoxy groups -OCH3 is 1. The van der Waals surface area contributed by atoms with Crippen molar-refractivity contribution in [3.8, 4) is 5.75 Å². The van der Waals surface area contributed by atoms with Gasteiger partial charge < -0.3 is 9.47 Å². The number of ether oxygens (including phenoxy) is 2. The lowest BCUT2D eigenvalue weighted by Crippen LogP contribution is -2.36. The van der Waals surface area contributed by atoms with Crippen LogP contribution in [0.3, 0.4) is 0 Å². The molecule has 3 aromatic rings. The molecule has 11 heteroatoms. The molecule has 1 atom stereocenters. The van der Waals surface area contributed by atoms with Crippen molar-refractivity contribution >= 4 is 33.3 Å². The number of hydrogen-bond acceptors (Lipinski definition) is 8. The van der Waals surface area contributed by atoms with E-state index in [2.05, 4.69) is 10.2 Å². The minimum absolute atomic E-state index is 0.0462. The van der Waals surface area contributed by atoms with Gasteiger partial charge in [0.2, 0.25) is 0 Å². The van der Waals surface area contributed by atoms with Gasteiger partial charge in [-0.1, -0.05) is 28.9 Å². The van der Waals surface area contributed by atoms with E-state index in [9.17, 15) is 18.1 Å². The van der Waals surface area contributed by atoms with E-state index in [1.165, 1.54) is 44.6 Å². The van der Waals surface area contributed by atoms with E-state index < -0.39 is 22.0 Å². The number of halogens is 1. The number of nitroso groups, excluding NO2 is 1. The van der Waals surface area contributed by atoms with Crippen molar-refractivity contribution < 1.29 is 22.7 Å². The number of rotatable bonds is 10. The smallest absolute Gasteiger partial charge is 0.337 e. The normalized spacial score (nSPS) is 12.0. The van der Waals surface area contributed by atoms with Gasteiger partial charge in [0.1, 0.15) is 23.3 Å². The molecule has 0 saturated heterocycles. The maximum Gasteiger partial charge on any atom is 0.337 e. The molecular formula is C24H24ClN3O6S. The fraction of sp³-hybridized carbons (Fsp3) is 0.250. The summed E-state index contributed by atoms with van der Waals surface area (Å²) in [4.78, 5) is 26.7. The van der Waals surface area contributed by atoms with Crippen LogP contribution in [0.5, 0.6) is 5.75 Å². The van der Waals surface area contributed by atoms with Crippen LogP contribution in [0.15, 0.2) is 71.0 Å². The molecule has 0 saturated carbocycles. The number of esters is 1. The summed E-state index contributed by atoms with van der Waals surface area (Å²) in [5.74, 6) is -0.262. The van der Waals surface area contributed by atoms with Gasteiger partial charge >= 0.3 is 5.97 Å². The average molecular weight is 518 g/mol. The van der Waals surface area contributed by atoms with E-state index in [1.54, 1.807) is 37.3 Å². The van der Waals surface area contributed by atoms with E-state index in [-0.39, 0.29) is 29.5 Å². The SMILES string of the molecule is COC(=O)c1ccc(COc2cc(Cl)c(C)cc2N(CC(C)N=O)S(=O)(=O)c2cccnc2)cc1. The molecule has 2 aromatic carbocycles. The lowest BCUT2D eigenvalue weighted by molar-refractivity contribution is 0.0600. The molecule has 1 heterocycles. The molecule has 184 valence electrons. The predicted molar refractivity (Wildman–Crippen MR) is 132 cm³/mol. The summed E-state index contributed by atoms with van der Waals surface area (Å²) in [6.45, 7) is 3.10. The Kier molecular flexibility index (Phi) is 8.42. The highest BCUT2D eigenvalue weighted by molar-refractivity contribution is 7.92. The maximum atomic E-state index is 13.5. The van der Waals surface area contributed by atoms with Crippen LogP contribution in [0.2, 0.25) is 5.02 Å². The fourth-order valence-electron chi connectivity index (χ4n) is 3.20. The van der Waals surface area contributed by atoms with Crippen LogP contribution >= 0.6 is 11.6 Å². The molecule has 0 bridgehead atoms. The number of anilines is 1. The Bertz CT molecular complexity index is 1300. The minimum Gasteiger partial charge on any atom is -0.487 e. The van der Waals surface area contributed by atoms with E-state index in [0.717, 1.165) is 9.87 Å². The van der Waals surface area contributed by atoms with Crippen molar-refractivity contribution in [3.05, 3.63) is 87.5 Å². The minimum atomic E-state index is -4.11. The van der Waals surface area contributed by atoms with Crippen LogP contribution in [0.1, 0.15) is 28.4 Å². The monoisotopic (exact) mass is 517 g/mol. The number of benzene rings is 2. The zero-order valence-electron chi connectivity index (χ0n) is 19.3. The molecule has 0 fully saturated rings. The summed E-state index contributed by atoms with van der Waals surface area (Å²) in [7, 11) is -2.82. The van der Waals surface area contributed by atoms with Gasteiger partial charge in [-0.25, -0.2) is 13.2 Å². The molecule has 1 unspecified atom stereocenters. The first-order valence-corrected chi connectivity index (χ1v) is 12.3. The van der Waals surface area contributed by atoms with Gasteiger partial charge in [0.05, 0.1) is 24.9 Å². The van der Waals surface area contributed by atoms with E-state index >= 15 is 0 Å². The lowest BCUT2D eigenvalue weighted by Gasteiger charge is -2.27. The van der Waals surface area contributed by atoms with Gasteiger partial charge in [-0.3, -0.25) is 9.29 Å². The molecule has 9 nitrogen and oxygen atoms in total. The number of aromatic nitrogens is 1. The van der Waals surface area contributed by atoms with E-state index in [4.69, 9.17) is 21.1 Å². The molecular weight excluding hydrogens is 494 g/mol. The molecule has 0 aliphatic carbocycles. The molecule has 0 radical (unpaired) electrons. The first-order valence-electron chi connectivity index (χ1n) is 10.5. The van der Waals surface area contributed by atoms with Crippen molar-refractivity contribution in [2.75, 3.05) is 18.0 Å². The third-order valence-electron chi connectivity index (χ3n) is 5.11. The zero-order chi connectivity index (χ0) is 25.6. The average Bonchev–Trinajstić information content (AvgIpc) is 2.87. The Labute approximate surface area is 208 Å². The van der Waals surface area contributed by atoms with Crippen molar-refractivity contribution in [1.82, 2.24) is 4.98 Å². The highest BCUT2D eigenvalue weighted by atomic mass is 35.5. The second-order valence-electron chi connectivity index (χ2n) is 7.73. The number of carbonyl (C=O) groups excluding carboxylic acids is 1. The molecule has 3 rings (SSSR count). The lowest BCUT2D eigenvalue weighted by atomic mass is 10.1. The molecule has 0 aliphatic heterocycles. The molecule has 35 heavy (non-hydrogen) atoms. The fourth-order valence-corrected chi connectivity index (χ4v) is 4.87. The van der Waals surface area contributed by atoms with E-state index in [1.807, 2.05) is 0 Å². The van der Waals surface area contributed by atoms with Crippen LogP contribution in [-0.2, 0) is 21.4 Å². The first-order chi connectivity index (χ1) is 16.7. The van der Waals surface area contributed by atoms with Gasteiger partial charge in [-0.2, -0.15) is 4.91 Å². The number of carbonyl (C=O) groups is 1. The summed E-state index contributed by atoms with van der Waals surface area (Å²) in [5, 5.41) is 3.36. The van der Waals surface area contributed by atoms with Crippen molar-refractivity contribution in [3.63, 3.8) is 0 Å². The molecule has 0 N–H and O–H groups in total. The van der Waals surface area contributed by atoms with Crippen LogP contribution in [0.4, 0.5) is 5.69 Å². The zero-order valence-corrected chi connectivity index (χ0v) is 20.9. The second-order valence-corrected chi connectivity index (χ2v) is 10.00. The molecule has 0 spiro atoms. The third-order valence-corrected chi connectivity index (χ3v) is 7.28. The maximum absolute atomic E-state index is 13.5. The van der Waals surface area contributed by atoms with Gasteiger partial charge in [0.15, 0.2) is 0 Å². The summed E-state index contributed by atoms with van der Waals surface area (Å²) in [6.07, 6.45) is 2.69. The highest BCUT2D eigenvalue weighted by Gasteiger charge is 2.30. The van der Waals surface area contributed by atoms with Gasteiger partial charge in [0.25, 0.3) is 10.0 Å². The van der Waals surface area contributed by atoms with Crippen LogP contribution in [0, 0.1) is 11.8 Å². The van der Waals surface area contributed by atoms with Gasteiger partial charge in [-0.15, -0.1) is 0 Å². The second kappa shape index (κ2) is 11.3. The Morgan fingerprint density at radius 1 is 1.20 bits per heavy atom. The molecule has 1 aromatic heterocycles. The Balaban J connectivity index is 2.01. The number of nitrogens with zero attached hydrogens (tertiary/aromatic N) is 3. The summed E-state index contributed by atoms with van der Waals surface area (Å²) in [5.41, 5.74) is 1.94. The summed E-state index contributed by atoms with van der Waals surface area (Å²) >= 11 is 6.33. The summed E-state index contributed by atoms with van der Waals surface area (Å²) < 4.78 is 38.9. The molecule has 0 amide bonds. The standard InChI is InChI=1S/C24H24ClN3O6S/c1-16-11-22(28(14-17(2)27-30)35(31,32)20-5-4-10-26-13-20)23(12-21(16)25)34-15-18-6-8-19(9-7-18)24(29)33-3/h4-13,17H,14-15H2,1-3H3. The van der Waals surface area contributed by atoms with Gasteiger partial charge in [0, 0.05) is 23.5 Å². The van der Waals surface area contributed by atoms with Crippen molar-refractivity contribution in [1.29, 1.82) is 0 Å². The molecule has 0 aliphatic rings. The van der Waals surface area contributed by atoms with Crippen LogP contribution < -0.4 is 9.04 Å². The largest absolute Gasteiger partial charge is 0.487 e. The number of aryl methyl sites for hydroxylation is 1. The number of sulfonamides is 1. The Morgan fingerprint density at radius 2 is 1.91 bits per heavy atom. The number of hydrogen-bond donors (Lipinski definition) is 0. The first kappa shape index (κ1) is 26.1. The quantitative estimate of drug-likeness (QED) is 0.281. The third kappa shape index (κ3) is 6.14. The van der Waals surface area contributed by atoms with Crippen molar-refractivity contribution in [2.45, 2.75) is 31.4 Å². The van der Waals surface area contributed by atoms with Crippen LogP contribution in [0.25, 0.3) is 0 Å². The van der Waals surface area contributed by atoms with Crippen molar-refractivity contribution in [2.24, 2.45) is 5.18 Å². The Morgan fingerprint density at radius 3 is 2.51 bits per heavy atom. The highest BCUT2D eigenvalue weighted by Crippen LogP contribution is 2.37. The predicted octanol–water partition coefficient (Wildman–Crippen LogP) is 4.76. The Hall–Kier alpha value is -3.50. The van der Waals surface area contributed by atoms with Crippen LogP contribution in [-0.4, -0.2) is 39.1 Å². The summed E-state index contributed by atoms with van der Waals surface area (Å²) in [6, 6.07) is 11.8. The van der Waals surface area contributed by atoms with E-state index in [0.29, 0.717) is 16.1 Å².